The Balaban J connectivity index is 2.09. The maximum absolute atomic E-state index is 11.0. The minimum absolute atomic E-state index is 0.0919. The van der Waals surface area contributed by atoms with Gasteiger partial charge in [-0.25, -0.2) is 0 Å². The first-order valence-corrected chi connectivity index (χ1v) is 5.81. The second kappa shape index (κ2) is 5.54. The molecule has 4 unspecified atom stereocenters. The predicted molar refractivity (Wildman–Crippen MR) is 66.3 cm³/mol. The molecule has 4 atom stereocenters. The molecule has 1 aromatic rings. The zero-order valence-corrected chi connectivity index (χ0v) is 10.1. The van der Waals surface area contributed by atoms with E-state index in [2.05, 4.69) is 5.32 Å². The number of hydrogen-bond acceptors (Lipinski definition) is 6. The van der Waals surface area contributed by atoms with Crippen molar-refractivity contribution < 1.29 is 24.9 Å². The molecule has 2 rings (SSSR count). The van der Waals surface area contributed by atoms with E-state index in [1.54, 1.807) is 18.2 Å². The molecule has 1 amide bonds. The zero-order valence-electron chi connectivity index (χ0n) is 10.1. The average molecular weight is 268 g/mol. The zero-order chi connectivity index (χ0) is 14.0. The van der Waals surface area contributed by atoms with Crippen molar-refractivity contribution in [3.05, 3.63) is 29.8 Å². The Hall–Kier alpha value is -1.67. The summed E-state index contributed by atoms with van der Waals surface area (Å²) in [4.78, 5) is 11.0. The minimum atomic E-state index is -1.29. The van der Waals surface area contributed by atoms with Crippen LogP contribution in [0.5, 0.6) is 0 Å². The SMILES string of the molecule is NC(=O)c1cccc(NC2OCC(O)C(O)C2O)c1. The maximum Gasteiger partial charge on any atom is 0.248 e. The van der Waals surface area contributed by atoms with Crippen molar-refractivity contribution in [3.63, 3.8) is 0 Å². The van der Waals surface area contributed by atoms with Gasteiger partial charge in [-0.15, -0.1) is 0 Å². The van der Waals surface area contributed by atoms with Gasteiger partial charge in [-0.1, -0.05) is 6.07 Å². The summed E-state index contributed by atoms with van der Waals surface area (Å²) in [6.45, 7) is -0.0919. The average Bonchev–Trinajstić information content (AvgIpc) is 2.40. The van der Waals surface area contributed by atoms with Crippen molar-refractivity contribution in [1.29, 1.82) is 0 Å². The lowest BCUT2D eigenvalue weighted by Crippen LogP contribution is -2.55. The molecular weight excluding hydrogens is 252 g/mol. The van der Waals surface area contributed by atoms with Crippen LogP contribution in [0.1, 0.15) is 10.4 Å². The Morgan fingerprint density at radius 1 is 1.32 bits per heavy atom. The normalized spacial score (nSPS) is 30.9. The Bertz CT molecular complexity index is 467. The number of nitrogens with one attached hydrogen (secondary N) is 1. The molecule has 104 valence electrons. The van der Waals surface area contributed by atoms with E-state index in [0.717, 1.165) is 0 Å². The number of aliphatic hydroxyl groups excluding tert-OH is 3. The quantitative estimate of drug-likeness (QED) is 0.461. The molecule has 0 aromatic heterocycles. The second-order valence-corrected chi connectivity index (χ2v) is 4.39. The highest BCUT2D eigenvalue weighted by atomic mass is 16.5. The molecule has 19 heavy (non-hydrogen) atoms. The first-order chi connectivity index (χ1) is 8.99. The van der Waals surface area contributed by atoms with E-state index in [-0.39, 0.29) is 6.61 Å². The number of primary amides is 1. The van der Waals surface area contributed by atoms with Crippen LogP contribution >= 0.6 is 0 Å². The highest BCUT2D eigenvalue weighted by molar-refractivity contribution is 5.93. The van der Waals surface area contributed by atoms with E-state index >= 15 is 0 Å². The molecule has 1 saturated heterocycles. The molecule has 7 nitrogen and oxygen atoms in total. The van der Waals surface area contributed by atoms with Crippen LogP contribution in [-0.4, -0.2) is 52.4 Å². The number of rotatable bonds is 3. The fourth-order valence-electron chi connectivity index (χ4n) is 1.86. The van der Waals surface area contributed by atoms with E-state index in [9.17, 15) is 20.1 Å². The molecule has 1 fully saturated rings. The molecule has 0 aliphatic carbocycles. The van der Waals surface area contributed by atoms with Crippen molar-refractivity contribution in [2.45, 2.75) is 24.5 Å². The smallest absolute Gasteiger partial charge is 0.248 e. The third-order valence-corrected chi connectivity index (χ3v) is 2.96. The van der Waals surface area contributed by atoms with Crippen molar-refractivity contribution >= 4 is 11.6 Å². The predicted octanol–water partition coefficient (Wildman–Crippen LogP) is -1.36. The highest BCUT2D eigenvalue weighted by Crippen LogP contribution is 2.19. The Labute approximate surface area is 109 Å². The largest absolute Gasteiger partial charge is 0.388 e. The fourth-order valence-corrected chi connectivity index (χ4v) is 1.86. The molecule has 0 radical (unpaired) electrons. The molecule has 1 aromatic carbocycles. The van der Waals surface area contributed by atoms with Gasteiger partial charge >= 0.3 is 0 Å². The molecule has 6 N–H and O–H groups in total. The highest BCUT2D eigenvalue weighted by Gasteiger charge is 2.37. The number of amides is 1. The number of anilines is 1. The molecule has 7 heteroatoms. The number of carbonyl (C=O) groups is 1. The molecule has 0 spiro atoms. The van der Waals surface area contributed by atoms with Crippen LogP contribution < -0.4 is 11.1 Å². The first kappa shape index (κ1) is 13.8. The van der Waals surface area contributed by atoms with Crippen LogP contribution in [0.3, 0.4) is 0 Å². The monoisotopic (exact) mass is 268 g/mol. The second-order valence-electron chi connectivity index (χ2n) is 4.39. The van der Waals surface area contributed by atoms with Crippen LogP contribution in [-0.2, 0) is 4.74 Å². The number of carbonyl (C=O) groups excluding carboxylic acids is 1. The number of aliphatic hydroxyl groups is 3. The third kappa shape index (κ3) is 3.02. The van der Waals surface area contributed by atoms with E-state index in [4.69, 9.17) is 10.5 Å². The minimum Gasteiger partial charge on any atom is -0.388 e. The van der Waals surface area contributed by atoms with Gasteiger partial charge in [0.2, 0.25) is 5.91 Å². The van der Waals surface area contributed by atoms with Crippen molar-refractivity contribution in [1.82, 2.24) is 0 Å². The van der Waals surface area contributed by atoms with E-state index in [1.165, 1.54) is 6.07 Å². The topological polar surface area (TPSA) is 125 Å². The van der Waals surface area contributed by atoms with E-state index in [0.29, 0.717) is 11.3 Å². The van der Waals surface area contributed by atoms with Gasteiger partial charge in [-0.05, 0) is 18.2 Å². The lowest BCUT2D eigenvalue weighted by atomic mass is 10.0. The number of nitrogens with two attached hydrogens (primary N) is 1. The van der Waals surface area contributed by atoms with Gasteiger partial charge in [0.05, 0.1) is 6.61 Å². The first-order valence-electron chi connectivity index (χ1n) is 5.81. The molecule has 0 bridgehead atoms. The maximum atomic E-state index is 11.0. The summed E-state index contributed by atoms with van der Waals surface area (Å²) in [5.74, 6) is -0.566. The standard InChI is InChI=1S/C12H16N2O5/c13-11(18)6-2-1-3-7(4-6)14-12-10(17)9(16)8(15)5-19-12/h1-4,8-10,12,14-17H,5H2,(H2,13,18). The summed E-state index contributed by atoms with van der Waals surface area (Å²) in [6.07, 6.45) is -4.56. The van der Waals surface area contributed by atoms with Crippen LogP contribution in [0.15, 0.2) is 24.3 Å². The molecular formula is C12H16N2O5. The Morgan fingerprint density at radius 3 is 2.74 bits per heavy atom. The lowest BCUT2D eigenvalue weighted by Gasteiger charge is -2.35. The van der Waals surface area contributed by atoms with Crippen LogP contribution in [0.25, 0.3) is 0 Å². The summed E-state index contributed by atoms with van der Waals surface area (Å²) in [7, 11) is 0. The number of ether oxygens (including phenoxy) is 1. The van der Waals surface area contributed by atoms with Crippen molar-refractivity contribution in [2.24, 2.45) is 5.73 Å². The molecule has 1 aliphatic heterocycles. The lowest BCUT2D eigenvalue weighted by molar-refractivity contribution is -0.178. The molecule has 1 heterocycles. The summed E-state index contributed by atoms with van der Waals surface area (Å²) in [5, 5.41) is 31.5. The van der Waals surface area contributed by atoms with Crippen molar-refractivity contribution in [3.8, 4) is 0 Å². The van der Waals surface area contributed by atoms with Gasteiger partial charge in [-0.3, -0.25) is 4.79 Å². The van der Waals surface area contributed by atoms with Crippen LogP contribution in [0, 0.1) is 0 Å². The summed E-state index contributed by atoms with van der Waals surface area (Å²) < 4.78 is 5.19. The van der Waals surface area contributed by atoms with Crippen molar-refractivity contribution in [2.75, 3.05) is 11.9 Å². The van der Waals surface area contributed by atoms with Gasteiger partial charge in [0.1, 0.15) is 18.3 Å². The van der Waals surface area contributed by atoms with Gasteiger partial charge in [0.15, 0.2) is 6.23 Å². The van der Waals surface area contributed by atoms with Gasteiger partial charge < -0.3 is 31.1 Å². The van der Waals surface area contributed by atoms with Crippen LogP contribution in [0.4, 0.5) is 5.69 Å². The summed E-state index contributed by atoms with van der Waals surface area (Å²) >= 11 is 0. The fraction of sp³-hybridized carbons (Fsp3) is 0.417. The van der Waals surface area contributed by atoms with Gasteiger partial charge in [-0.2, -0.15) is 0 Å². The summed E-state index contributed by atoms with van der Waals surface area (Å²) in [6, 6.07) is 6.36. The van der Waals surface area contributed by atoms with E-state index < -0.39 is 30.4 Å². The number of benzene rings is 1. The summed E-state index contributed by atoms with van der Waals surface area (Å²) in [5.41, 5.74) is 6.00. The van der Waals surface area contributed by atoms with E-state index in [1.807, 2.05) is 0 Å². The van der Waals surface area contributed by atoms with Crippen LogP contribution in [0.2, 0.25) is 0 Å². The Kier molecular flexibility index (Phi) is 4.01. The van der Waals surface area contributed by atoms with Gasteiger partial charge in [0.25, 0.3) is 0 Å². The molecule has 1 aliphatic rings. The molecule has 0 saturated carbocycles. The Morgan fingerprint density at radius 2 is 2.05 bits per heavy atom. The van der Waals surface area contributed by atoms with Gasteiger partial charge in [0, 0.05) is 11.3 Å². The number of hydrogen-bond donors (Lipinski definition) is 5. The third-order valence-electron chi connectivity index (χ3n) is 2.96.